The maximum atomic E-state index is 4.79. The third kappa shape index (κ3) is 4.85. The molecule has 0 fully saturated rings. The third-order valence-electron chi connectivity index (χ3n) is 4.53. The Bertz CT molecular complexity index is 1330. The van der Waals surface area contributed by atoms with Gasteiger partial charge in [-0.3, -0.25) is 9.97 Å². The second kappa shape index (κ2) is 9.72. The van der Waals surface area contributed by atoms with Gasteiger partial charge in [0, 0.05) is 12.4 Å². The number of nitrogens with zero attached hydrogens (tertiary/aromatic N) is 5. The fourth-order valence-electron chi connectivity index (χ4n) is 3.04. The van der Waals surface area contributed by atoms with Crippen molar-refractivity contribution in [3.63, 3.8) is 0 Å². The Kier molecular flexibility index (Phi) is 6.18. The summed E-state index contributed by atoms with van der Waals surface area (Å²) in [5, 5.41) is 1.79. The molecule has 0 aliphatic carbocycles. The van der Waals surface area contributed by atoms with Crippen molar-refractivity contribution < 1.29 is 0 Å². The Balaban J connectivity index is 1.34. The Morgan fingerprint density at radius 2 is 0.781 bits per heavy atom. The van der Waals surface area contributed by atoms with E-state index in [1.807, 2.05) is 91.0 Å². The van der Waals surface area contributed by atoms with Crippen LogP contribution in [0.2, 0.25) is 0 Å². The van der Waals surface area contributed by atoms with Crippen LogP contribution in [0.15, 0.2) is 113 Å². The largest absolute Gasteiger partial charge is 0.255 e. The van der Waals surface area contributed by atoms with E-state index in [2.05, 4.69) is 9.97 Å². The topological polar surface area (TPSA) is 64.5 Å². The minimum atomic E-state index is 0.816. The molecule has 0 atom stereocenters. The van der Waals surface area contributed by atoms with Crippen molar-refractivity contribution in [2.45, 2.75) is 10.1 Å². The van der Waals surface area contributed by atoms with Crippen LogP contribution in [0.1, 0.15) is 0 Å². The lowest BCUT2D eigenvalue weighted by Crippen LogP contribution is -1.92. The first-order valence-corrected chi connectivity index (χ1v) is 12.1. The lowest BCUT2D eigenvalue weighted by atomic mass is 10.2. The van der Waals surface area contributed by atoms with Gasteiger partial charge in [0.2, 0.25) is 0 Å². The number of pyridine rings is 5. The van der Waals surface area contributed by atoms with Crippen molar-refractivity contribution in [3.8, 4) is 34.2 Å². The molecule has 154 valence electrons. The standard InChI is InChI=1S/C25H17N5S2/c1-3-16-26-18(8-1)20-10-5-11-22(28-20)23-13-7-15-25(30-23)32-31-24-14-6-12-21(29-24)19-9-2-4-17-27-19/h1-17H. The maximum absolute atomic E-state index is 4.79. The molecule has 5 heterocycles. The normalized spacial score (nSPS) is 10.8. The Morgan fingerprint density at radius 3 is 1.28 bits per heavy atom. The zero-order valence-corrected chi connectivity index (χ0v) is 18.5. The molecule has 0 aliphatic heterocycles. The molecule has 0 spiro atoms. The van der Waals surface area contributed by atoms with Crippen molar-refractivity contribution >= 4 is 21.6 Å². The maximum Gasteiger partial charge on any atom is 0.108 e. The van der Waals surface area contributed by atoms with Gasteiger partial charge in [-0.1, -0.05) is 30.3 Å². The summed E-state index contributed by atoms with van der Waals surface area (Å²) < 4.78 is 0. The number of hydrogen-bond donors (Lipinski definition) is 0. The summed E-state index contributed by atoms with van der Waals surface area (Å²) >= 11 is 0. The first-order valence-electron chi connectivity index (χ1n) is 9.94. The van der Waals surface area contributed by atoms with E-state index in [4.69, 9.17) is 15.0 Å². The fraction of sp³-hybridized carbons (Fsp3) is 0. The van der Waals surface area contributed by atoms with Crippen LogP contribution in [0, 0.1) is 0 Å². The summed E-state index contributed by atoms with van der Waals surface area (Å²) in [4.78, 5) is 23.0. The van der Waals surface area contributed by atoms with E-state index < -0.39 is 0 Å². The number of rotatable bonds is 6. The lowest BCUT2D eigenvalue weighted by molar-refractivity contribution is 1.12. The molecule has 7 heteroatoms. The first-order chi connectivity index (χ1) is 15.8. The molecular weight excluding hydrogens is 434 g/mol. The number of aromatic nitrogens is 5. The summed E-state index contributed by atoms with van der Waals surface area (Å²) in [6.07, 6.45) is 3.55. The smallest absolute Gasteiger partial charge is 0.108 e. The van der Waals surface area contributed by atoms with Gasteiger partial charge in [0.25, 0.3) is 0 Å². The summed E-state index contributed by atoms with van der Waals surface area (Å²) in [7, 11) is 3.14. The summed E-state index contributed by atoms with van der Waals surface area (Å²) in [5.74, 6) is 0. The van der Waals surface area contributed by atoms with Gasteiger partial charge >= 0.3 is 0 Å². The van der Waals surface area contributed by atoms with Crippen LogP contribution in [0.25, 0.3) is 34.2 Å². The molecule has 0 unspecified atom stereocenters. The van der Waals surface area contributed by atoms with Gasteiger partial charge in [-0.2, -0.15) is 0 Å². The molecule has 0 radical (unpaired) electrons. The van der Waals surface area contributed by atoms with Crippen molar-refractivity contribution in [2.75, 3.05) is 0 Å². The molecule has 0 aromatic carbocycles. The van der Waals surface area contributed by atoms with E-state index in [-0.39, 0.29) is 0 Å². The zero-order chi connectivity index (χ0) is 21.6. The summed E-state index contributed by atoms with van der Waals surface area (Å²) in [5.41, 5.74) is 5.02. The van der Waals surface area contributed by atoms with Gasteiger partial charge in [-0.05, 0) is 82.3 Å². The van der Waals surface area contributed by atoms with Crippen LogP contribution >= 0.6 is 21.6 Å². The van der Waals surface area contributed by atoms with Crippen LogP contribution in [-0.2, 0) is 0 Å². The highest BCUT2D eigenvalue weighted by Crippen LogP contribution is 2.36. The molecule has 32 heavy (non-hydrogen) atoms. The van der Waals surface area contributed by atoms with Gasteiger partial charge in [-0.15, -0.1) is 0 Å². The Morgan fingerprint density at radius 1 is 0.375 bits per heavy atom. The molecular formula is C25H17N5S2. The highest BCUT2D eigenvalue weighted by atomic mass is 33.1. The molecule has 5 nitrogen and oxygen atoms in total. The Labute approximate surface area is 193 Å². The van der Waals surface area contributed by atoms with E-state index >= 15 is 0 Å². The molecule has 5 rings (SSSR count). The van der Waals surface area contributed by atoms with E-state index in [1.54, 1.807) is 34.0 Å². The highest BCUT2D eigenvalue weighted by Gasteiger charge is 2.08. The van der Waals surface area contributed by atoms with Crippen LogP contribution in [0.4, 0.5) is 0 Å². The molecule has 0 amide bonds. The van der Waals surface area contributed by atoms with Crippen molar-refractivity contribution in [2.24, 2.45) is 0 Å². The van der Waals surface area contributed by atoms with Crippen LogP contribution < -0.4 is 0 Å². The van der Waals surface area contributed by atoms with E-state index in [9.17, 15) is 0 Å². The average Bonchev–Trinajstić information content (AvgIpc) is 2.89. The van der Waals surface area contributed by atoms with Gasteiger partial charge in [0.15, 0.2) is 0 Å². The van der Waals surface area contributed by atoms with Crippen LogP contribution in [-0.4, -0.2) is 24.9 Å². The zero-order valence-electron chi connectivity index (χ0n) is 16.9. The predicted octanol–water partition coefficient (Wildman–Crippen LogP) is 6.46. The second-order valence-electron chi connectivity index (χ2n) is 6.73. The van der Waals surface area contributed by atoms with E-state index in [1.165, 1.54) is 0 Å². The minimum absolute atomic E-state index is 0.816. The molecule has 0 saturated heterocycles. The van der Waals surface area contributed by atoms with Gasteiger partial charge in [-0.25, -0.2) is 15.0 Å². The van der Waals surface area contributed by atoms with Gasteiger partial charge in [0.05, 0.1) is 34.2 Å². The first kappa shape index (κ1) is 20.4. The molecule has 0 aliphatic rings. The SMILES string of the molecule is c1ccc(-c2cccc(SSc3cccc(-c4cccc(-c5ccccn5)n4)n3)n2)nc1. The average molecular weight is 452 g/mol. The number of hydrogen-bond acceptors (Lipinski definition) is 7. The van der Waals surface area contributed by atoms with Crippen LogP contribution in [0.3, 0.4) is 0 Å². The molecule has 5 aromatic rings. The van der Waals surface area contributed by atoms with E-state index in [0.717, 1.165) is 44.2 Å². The minimum Gasteiger partial charge on any atom is -0.255 e. The molecule has 0 N–H and O–H groups in total. The van der Waals surface area contributed by atoms with Crippen molar-refractivity contribution in [3.05, 3.63) is 103 Å². The van der Waals surface area contributed by atoms with Crippen molar-refractivity contribution in [1.82, 2.24) is 24.9 Å². The molecule has 0 bridgehead atoms. The summed E-state index contributed by atoms with van der Waals surface area (Å²) in [6, 6.07) is 29.5. The monoisotopic (exact) mass is 451 g/mol. The van der Waals surface area contributed by atoms with Gasteiger partial charge in [0.1, 0.15) is 10.1 Å². The fourth-order valence-corrected chi connectivity index (χ4v) is 4.82. The molecule has 5 aromatic heterocycles. The predicted molar refractivity (Wildman–Crippen MR) is 130 cm³/mol. The van der Waals surface area contributed by atoms with Crippen LogP contribution in [0.5, 0.6) is 0 Å². The van der Waals surface area contributed by atoms with E-state index in [0.29, 0.717) is 0 Å². The lowest BCUT2D eigenvalue weighted by Gasteiger charge is -2.06. The Hall–Kier alpha value is -3.55. The van der Waals surface area contributed by atoms with Crippen molar-refractivity contribution in [1.29, 1.82) is 0 Å². The quantitative estimate of drug-likeness (QED) is 0.274. The van der Waals surface area contributed by atoms with Gasteiger partial charge < -0.3 is 0 Å². The highest BCUT2D eigenvalue weighted by molar-refractivity contribution is 8.76. The summed E-state index contributed by atoms with van der Waals surface area (Å²) in [6.45, 7) is 0. The second-order valence-corrected chi connectivity index (χ2v) is 8.90. The third-order valence-corrected chi connectivity index (χ3v) is 6.68. The molecule has 0 saturated carbocycles.